The summed E-state index contributed by atoms with van der Waals surface area (Å²) in [7, 11) is 1.71. The second kappa shape index (κ2) is 5.81. The van der Waals surface area contributed by atoms with E-state index in [4.69, 9.17) is 4.74 Å². The van der Waals surface area contributed by atoms with Crippen LogP contribution in [0.2, 0.25) is 0 Å². The minimum atomic E-state index is -4.43. The van der Waals surface area contributed by atoms with Gasteiger partial charge in [-0.3, -0.25) is 0 Å². The van der Waals surface area contributed by atoms with Crippen molar-refractivity contribution in [3.05, 3.63) is 53.7 Å². The van der Waals surface area contributed by atoms with E-state index in [1.807, 2.05) is 0 Å². The molecule has 0 aliphatic rings. The molecule has 1 aromatic carbocycles. The lowest BCUT2D eigenvalue weighted by molar-refractivity contribution is -0.139. The van der Waals surface area contributed by atoms with Gasteiger partial charge in [0.1, 0.15) is 18.2 Å². The quantitative estimate of drug-likeness (QED) is 0.928. The van der Waals surface area contributed by atoms with Crippen molar-refractivity contribution in [1.82, 2.24) is 4.98 Å². The third-order valence-corrected chi connectivity index (χ3v) is 2.63. The van der Waals surface area contributed by atoms with Crippen LogP contribution in [0.5, 0.6) is 5.75 Å². The molecule has 6 heteroatoms. The zero-order valence-electron chi connectivity index (χ0n) is 10.7. The summed E-state index contributed by atoms with van der Waals surface area (Å²) in [4.78, 5) is 4.18. The van der Waals surface area contributed by atoms with Gasteiger partial charge in [-0.1, -0.05) is 18.2 Å². The highest BCUT2D eigenvalue weighted by molar-refractivity contribution is 5.36. The maximum atomic E-state index is 12.8. The summed E-state index contributed by atoms with van der Waals surface area (Å²) in [6, 6.07) is 10.3. The van der Waals surface area contributed by atoms with Crippen molar-refractivity contribution in [2.24, 2.45) is 0 Å². The molecule has 0 aliphatic carbocycles. The third-order valence-electron chi connectivity index (χ3n) is 2.63. The van der Waals surface area contributed by atoms with Gasteiger partial charge >= 0.3 is 6.18 Å². The number of para-hydroxylation sites is 1. The Balaban J connectivity index is 2.15. The van der Waals surface area contributed by atoms with Gasteiger partial charge in [0.05, 0.1) is 11.3 Å². The predicted molar refractivity (Wildman–Crippen MR) is 69.6 cm³/mol. The number of rotatable bonds is 4. The lowest BCUT2D eigenvalue weighted by Gasteiger charge is -2.13. The first-order valence-corrected chi connectivity index (χ1v) is 5.93. The molecular weight excluding hydrogens is 269 g/mol. The lowest BCUT2D eigenvalue weighted by atomic mass is 10.2. The average Bonchev–Trinajstić information content (AvgIpc) is 2.44. The molecule has 0 spiro atoms. The van der Waals surface area contributed by atoms with Crippen LogP contribution in [0, 0.1) is 0 Å². The first-order valence-electron chi connectivity index (χ1n) is 5.93. The molecule has 1 aromatic heterocycles. The largest absolute Gasteiger partial charge is 0.487 e. The number of ether oxygens (including phenoxy) is 1. The fourth-order valence-corrected chi connectivity index (χ4v) is 1.68. The first kappa shape index (κ1) is 14.2. The fourth-order valence-electron chi connectivity index (χ4n) is 1.68. The van der Waals surface area contributed by atoms with E-state index in [0.29, 0.717) is 11.5 Å². The van der Waals surface area contributed by atoms with Crippen LogP contribution in [0.15, 0.2) is 42.5 Å². The monoisotopic (exact) mass is 282 g/mol. The average molecular weight is 282 g/mol. The number of nitrogens with zero attached hydrogens (tertiary/aromatic N) is 1. The van der Waals surface area contributed by atoms with Crippen molar-refractivity contribution in [1.29, 1.82) is 0 Å². The molecule has 106 valence electrons. The van der Waals surface area contributed by atoms with E-state index in [1.165, 1.54) is 18.2 Å². The number of nitrogens with one attached hydrogen (secondary N) is 1. The lowest BCUT2D eigenvalue weighted by Crippen LogP contribution is -2.09. The number of hydrogen-bond donors (Lipinski definition) is 1. The van der Waals surface area contributed by atoms with Gasteiger partial charge < -0.3 is 10.1 Å². The van der Waals surface area contributed by atoms with E-state index >= 15 is 0 Å². The van der Waals surface area contributed by atoms with Crippen molar-refractivity contribution >= 4 is 5.82 Å². The molecule has 0 radical (unpaired) electrons. The second-order valence-corrected chi connectivity index (χ2v) is 4.05. The van der Waals surface area contributed by atoms with Crippen molar-refractivity contribution in [2.75, 3.05) is 12.4 Å². The number of aromatic nitrogens is 1. The van der Waals surface area contributed by atoms with E-state index in [0.717, 1.165) is 6.07 Å². The Morgan fingerprint density at radius 2 is 1.85 bits per heavy atom. The molecule has 1 N–H and O–H groups in total. The molecule has 20 heavy (non-hydrogen) atoms. The van der Waals surface area contributed by atoms with Crippen LogP contribution in [0.25, 0.3) is 0 Å². The molecule has 0 aliphatic heterocycles. The first-order chi connectivity index (χ1) is 9.50. The predicted octanol–water partition coefficient (Wildman–Crippen LogP) is 3.72. The highest BCUT2D eigenvalue weighted by Crippen LogP contribution is 2.36. The minimum absolute atomic E-state index is 0.0252. The Morgan fingerprint density at radius 3 is 2.55 bits per heavy atom. The number of anilines is 1. The Kier molecular flexibility index (Phi) is 4.12. The van der Waals surface area contributed by atoms with Crippen LogP contribution >= 0.6 is 0 Å². The van der Waals surface area contributed by atoms with Gasteiger partial charge in [0, 0.05) is 7.05 Å². The SMILES string of the molecule is CNc1cccc(COc2ccccc2C(F)(F)F)n1. The highest BCUT2D eigenvalue weighted by atomic mass is 19.4. The minimum Gasteiger partial charge on any atom is -0.487 e. The van der Waals surface area contributed by atoms with Gasteiger partial charge in [0.25, 0.3) is 0 Å². The van der Waals surface area contributed by atoms with Crippen molar-refractivity contribution < 1.29 is 17.9 Å². The van der Waals surface area contributed by atoms with E-state index < -0.39 is 11.7 Å². The molecule has 0 unspecified atom stereocenters. The Morgan fingerprint density at radius 1 is 1.10 bits per heavy atom. The maximum absolute atomic E-state index is 12.8. The van der Waals surface area contributed by atoms with Crippen molar-refractivity contribution in [2.45, 2.75) is 12.8 Å². The number of pyridine rings is 1. The van der Waals surface area contributed by atoms with Crippen LogP contribution in [0.3, 0.4) is 0 Å². The molecular formula is C14H13F3N2O. The van der Waals surface area contributed by atoms with E-state index in [9.17, 15) is 13.2 Å². The molecule has 0 amide bonds. The van der Waals surface area contributed by atoms with Crippen LogP contribution in [-0.2, 0) is 12.8 Å². The maximum Gasteiger partial charge on any atom is 0.419 e. The van der Waals surface area contributed by atoms with E-state index in [-0.39, 0.29) is 12.4 Å². The molecule has 0 saturated heterocycles. The smallest absolute Gasteiger partial charge is 0.419 e. The Bertz CT molecular complexity index is 585. The number of halogens is 3. The number of alkyl halides is 3. The number of benzene rings is 1. The zero-order chi connectivity index (χ0) is 14.6. The molecule has 3 nitrogen and oxygen atoms in total. The standard InChI is InChI=1S/C14H13F3N2O/c1-18-13-8-4-5-10(19-13)9-20-12-7-3-2-6-11(12)14(15,16)17/h2-8H,9H2,1H3,(H,18,19). The van der Waals surface area contributed by atoms with E-state index in [1.54, 1.807) is 25.2 Å². The third kappa shape index (κ3) is 3.40. The number of hydrogen-bond acceptors (Lipinski definition) is 3. The Labute approximate surface area is 114 Å². The molecule has 0 fully saturated rings. The molecule has 0 atom stereocenters. The van der Waals surface area contributed by atoms with Gasteiger partial charge in [-0.2, -0.15) is 13.2 Å². The summed E-state index contributed by atoms with van der Waals surface area (Å²) >= 11 is 0. The normalized spacial score (nSPS) is 11.2. The fraction of sp³-hybridized carbons (Fsp3) is 0.214. The topological polar surface area (TPSA) is 34.1 Å². The van der Waals surface area contributed by atoms with Crippen LogP contribution < -0.4 is 10.1 Å². The van der Waals surface area contributed by atoms with Gasteiger partial charge in [-0.25, -0.2) is 4.98 Å². The van der Waals surface area contributed by atoms with Gasteiger partial charge in [0.2, 0.25) is 0 Å². The van der Waals surface area contributed by atoms with Gasteiger partial charge in [0.15, 0.2) is 0 Å². The van der Waals surface area contributed by atoms with E-state index in [2.05, 4.69) is 10.3 Å². The molecule has 0 saturated carbocycles. The van der Waals surface area contributed by atoms with Gasteiger partial charge in [-0.05, 0) is 24.3 Å². The second-order valence-electron chi connectivity index (χ2n) is 4.05. The van der Waals surface area contributed by atoms with Crippen LogP contribution in [-0.4, -0.2) is 12.0 Å². The summed E-state index contributed by atoms with van der Waals surface area (Å²) in [6.45, 7) is -0.0252. The molecule has 1 heterocycles. The Hall–Kier alpha value is -2.24. The van der Waals surface area contributed by atoms with Crippen LogP contribution in [0.4, 0.5) is 19.0 Å². The molecule has 0 bridgehead atoms. The van der Waals surface area contributed by atoms with Crippen molar-refractivity contribution in [3.63, 3.8) is 0 Å². The van der Waals surface area contributed by atoms with Crippen molar-refractivity contribution in [3.8, 4) is 5.75 Å². The molecule has 2 aromatic rings. The van der Waals surface area contributed by atoms with Gasteiger partial charge in [-0.15, -0.1) is 0 Å². The highest BCUT2D eigenvalue weighted by Gasteiger charge is 2.33. The summed E-state index contributed by atoms with van der Waals surface area (Å²) in [5.74, 6) is 0.437. The zero-order valence-corrected chi connectivity index (χ0v) is 10.7. The molecule has 2 rings (SSSR count). The van der Waals surface area contributed by atoms with Crippen LogP contribution in [0.1, 0.15) is 11.3 Å². The summed E-state index contributed by atoms with van der Waals surface area (Å²) in [5.41, 5.74) is -0.237. The summed E-state index contributed by atoms with van der Waals surface area (Å²) in [6.07, 6.45) is -4.43. The summed E-state index contributed by atoms with van der Waals surface area (Å²) in [5, 5.41) is 2.85. The summed E-state index contributed by atoms with van der Waals surface area (Å²) < 4.78 is 43.6.